The Morgan fingerprint density at radius 3 is 2.95 bits per heavy atom. The molecule has 0 saturated heterocycles. The van der Waals surface area contributed by atoms with Gasteiger partial charge in [0, 0.05) is 5.56 Å². The highest BCUT2D eigenvalue weighted by Gasteiger charge is 2.25. The van der Waals surface area contributed by atoms with Gasteiger partial charge < -0.3 is 9.15 Å². The van der Waals surface area contributed by atoms with Crippen LogP contribution in [0.3, 0.4) is 0 Å². The summed E-state index contributed by atoms with van der Waals surface area (Å²) in [6.45, 7) is 2.72. The third kappa shape index (κ3) is 2.50. The van der Waals surface area contributed by atoms with Crippen LogP contribution in [0.15, 0.2) is 41.0 Å². The summed E-state index contributed by atoms with van der Waals surface area (Å²) in [4.78, 5) is 0. The number of benzene rings is 1. The monoisotopic (exact) mass is 272 g/mol. The van der Waals surface area contributed by atoms with E-state index in [0.29, 0.717) is 0 Å². The van der Waals surface area contributed by atoms with E-state index in [-0.39, 0.29) is 12.1 Å². The van der Waals surface area contributed by atoms with Crippen molar-refractivity contribution in [1.82, 2.24) is 5.43 Å². The van der Waals surface area contributed by atoms with E-state index in [1.807, 2.05) is 13.0 Å². The number of hydrazine groups is 1. The lowest BCUT2D eigenvalue weighted by atomic mass is 9.92. The molecule has 2 atom stereocenters. The fourth-order valence-electron chi connectivity index (χ4n) is 2.93. The van der Waals surface area contributed by atoms with Crippen molar-refractivity contribution in [3.63, 3.8) is 0 Å². The van der Waals surface area contributed by atoms with Gasteiger partial charge in [-0.1, -0.05) is 24.3 Å². The number of hydrogen-bond acceptors (Lipinski definition) is 4. The molecule has 2 aromatic rings. The second-order valence-electron chi connectivity index (χ2n) is 5.20. The molecule has 0 aliphatic carbocycles. The normalized spacial score (nSPS) is 19.6. The summed E-state index contributed by atoms with van der Waals surface area (Å²) >= 11 is 0. The van der Waals surface area contributed by atoms with Gasteiger partial charge in [-0.3, -0.25) is 11.3 Å². The van der Waals surface area contributed by atoms with Gasteiger partial charge in [-0.2, -0.15) is 0 Å². The van der Waals surface area contributed by atoms with Crippen LogP contribution in [0.4, 0.5) is 0 Å². The van der Waals surface area contributed by atoms with E-state index < -0.39 is 0 Å². The van der Waals surface area contributed by atoms with Gasteiger partial charge in [0.1, 0.15) is 5.76 Å². The van der Waals surface area contributed by atoms with E-state index in [0.717, 1.165) is 30.8 Å². The van der Waals surface area contributed by atoms with E-state index in [9.17, 15) is 0 Å². The first-order valence-corrected chi connectivity index (χ1v) is 6.99. The van der Waals surface area contributed by atoms with Gasteiger partial charge in [0.15, 0.2) is 0 Å². The molecule has 4 heteroatoms. The molecule has 3 N–H and O–H groups in total. The third-order valence-corrected chi connectivity index (χ3v) is 4.02. The van der Waals surface area contributed by atoms with Crippen molar-refractivity contribution in [2.24, 2.45) is 5.84 Å². The standard InChI is InChI=1S/C16H20N2O2/c1-11-13(7-9-19-11)15(18-17)10-16-14-5-3-2-4-12(14)6-8-20-16/h2-5,7,9,15-16,18H,6,8,10,17H2,1H3. The fraction of sp³-hybridized carbons (Fsp3) is 0.375. The second-order valence-corrected chi connectivity index (χ2v) is 5.20. The Balaban J connectivity index is 1.82. The summed E-state index contributed by atoms with van der Waals surface area (Å²) in [5.74, 6) is 6.62. The molecule has 0 fully saturated rings. The van der Waals surface area contributed by atoms with Crippen LogP contribution < -0.4 is 11.3 Å². The van der Waals surface area contributed by atoms with Crippen LogP contribution >= 0.6 is 0 Å². The highest BCUT2D eigenvalue weighted by molar-refractivity contribution is 5.31. The minimum Gasteiger partial charge on any atom is -0.469 e. The SMILES string of the molecule is Cc1occc1C(CC1OCCc2ccccc21)NN. The predicted molar refractivity (Wildman–Crippen MR) is 77.0 cm³/mol. The van der Waals surface area contributed by atoms with Crippen molar-refractivity contribution in [3.8, 4) is 0 Å². The van der Waals surface area contributed by atoms with Crippen molar-refractivity contribution < 1.29 is 9.15 Å². The molecule has 1 aliphatic rings. The molecule has 4 nitrogen and oxygen atoms in total. The average molecular weight is 272 g/mol. The maximum Gasteiger partial charge on any atom is 0.105 e. The third-order valence-electron chi connectivity index (χ3n) is 4.02. The Morgan fingerprint density at radius 2 is 2.20 bits per heavy atom. The number of nitrogens with one attached hydrogen (secondary N) is 1. The van der Waals surface area contributed by atoms with E-state index in [4.69, 9.17) is 15.0 Å². The summed E-state index contributed by atoms with van der Waals surface area (Å²) in [6, 6.07) is 10.5. The quantitative estimate of drug-likeness (QED) is 0.663. The number of ether oxygens (including phenoxy) is 1. The van der Waals surface area contributed by atoms with Crippen LogP contribution in [0.5, 0.6) is 0 Å². The summed E-state index contributed by atoms with van der Waals surface area (Å²) in [6.07, 6.45) is 3.56. The van der Waals surface area contributed by atoms with Crippen LogP contribution in [0.1, 0.15) is 41.0 Å². The number of nitrogens with two attached hydrogens (primary N) is 1. The first-order valence-electron chi connectivity index (χ1n) is 6.99. The summed E-state index contributed by atoms with van der Waals surface area (Å²) < 4.78 is 11.3. The Labute approximate surface area is 118 Å². The fourth-order valence-corrected chi connectivity index (χ4v) is 2.93. The van der Waals surface area contributed by atoms with Gasteiger partial charge in [0.05, 0.1) is 25.0 Å². The van der Waals surface area contributed by atoms with Gasteiger partial charge >= 0.3 is 0 Å². The maximum atomic E-state index is 5.95. The summed E-state index contributed by atoms with van der Waals surface area (Å²) in [5, 5.41) is 0. The molecule has 2 unspecified atom stereocenters. The topological polar surface area (TPSA) is 60.4 Å². The average Bonchev–Trinajstić information content (AvgIpc) is 2.91. The number of fused-ring (bicyclic) bond motifs is 1. The van der Waals surface area contributed by atoms with Crippen molar-refractivity contribution in [3.05, 3.63) is 59.0 Å². The van der Waals surface area contributed by atoms with Gasteiger partial charge in [-0.15, -0.1) is 0 Å². The van der Waals surface area contributed by atoms with Crippen LogP contribution in [0, 0.1) is 6.92 Å². The minimum atomic E-state index is 0.0323. The minimum absolute atomic E-state index is 0.0323. The smallest absolute Gasteiger partial charge is 0.105 e. The lowest BCUT2D eigenvalue weighted by molar-refractivity contribution is 0.0292. The lowest BCUT2D eigenvalue weighted by Crippen LogP contribution is -2.31. The van der Waals surface area contributed by atoms with Crippen LogP contribution in [-0.2, 0) is 11.2 Å². The summed E-state index contributed by atoms with van der Waals surface area (Å²) in [5.41, 5.74) is 6.64. The Kier molecular flexibility index (Phi) is 3.87. The second kappa shape index (κ2) is 5.79. The van der Waals surface area contributed by atoms with Crippen LogP contribution in [-0.4, -0.2) is 6.61 Å². The van der Waals surface area contributed by atoms with Crippen LogP contribution in [0.25, 0.3) is 0 Å². The molecule has 106 valence electrons. The number of hydrogen-bond donors (Lipinski definition) is 2. The molecule has 0 saturated carbocycles. The number of furan rings is 1. The number of rotatable bonds is 4. The zero-order valence-corrected chi connectivity index (χ0v) is 11.6. The van der Waals surface area contributed by atoms with Gasteiger partial charge in [0.2, 0.25) is 0 Å². The Hall–Kier alpha value is -1.62. The zero-order chi connectivity index (χ0) is 13.9. The number of aryl methyl sites for hydroxylation is 1. The first-order chi connectivity index (χ1) is 9.79. The Morgan fingerprint density at radius 1 is 1.35 bits per heavy atom. The van der Waals surface area contributed by atoms with Crippen molar-refractivity contribution >= 4 is 0 Å². The molecule has 20 heavy (non-hydrogen) atoms. The van der Waals surface area contributed by atoms with Gasteiger partial charge in [-0.05, 0) is 37.0 Å². The molecule has 0 spiro atoms. The molecule has 0 radical (unpaired) electrons. The molecular formula is C16H20N2O2. The molecule has 0 amide bonds. The highest BCUT2D eigenvalue weighted by Crippen LogP contribution is 2.34. The van der Waals surface area contributed by atoms with Gasteiger partial charge in [-0.25, -0.2) is 0 Å². The zero-order valence-electron chi connectivity index (χ0n) is 11.6. The summed E-state index contributed by atoms with van der Waals surface area (Å²) in [7, 11) is 0. The van der Waals surface area contributed by atoms with E-state index in [2.05, 4.69) is 29.7 Å². The molecular weight excluding hydrogens is 252 g/mol. The molecule has 1 aromatic carbocycles. The van der Waals surface area contributed by atoms with E-state index in [1.165, 1.54) is 11.1 Å². The molecule has 1 aliphatic heterocycles. The maximum absolute atomic E-state index is 5.95. The molecule has 3 rings (SSSR count). The Bertz CT molecular complexity index is 579. The lowest BCUT2D eigenvalue weighted by Gasteiger charge is -2.29. The first kappa shape index (κ1) is 13.4. The van der Waals surface area contributed by atoms with Gasteiger partial charge in [0.25, 0.3) is 0 Å². The van der Waals surface area contributed by atoms with E-state index >= 15 is 0 Å². The highest BCUT2D eigenvalue weighted by atomic mass is 16.5. The van der Waals surface area contributed by atoms with Crippen molar-refractivity contribution in [1.29, 1.82) is 0 Å². The van der Waals surface area contributed by atoms with Crippen molar-refractivity contribution in [2.75, 3.05) is 6.61 Å². The van der Waals surface area contributed by atoms with Crippen molar-refractivity contribution in [2.45, 2.75) is 31.9 Å². The predicted octanol–water partition coefficient (Wildman–Crippen LogP) is 2.80. The largest absolute Gasteiger partial charge is 0.469 e. The molecule has 0 bridgehead atoms. The molecule has 1 aromatic heterocycles. The van der Waals surface area contributed by atoms with Crippen LogP contribution in [0.2, 0.25) is 0 Å². The van der Waals surface area contributed by atoms with E-state index in [1.54, 1.807) is 6.26 Å². The molecule has 2 heterocycles.